The molecular formula is C18H24N2O3S. The van der Waals surface area contributed by atoms with Gasteiger partial charge in [-0.1, -0.05) is 19.9 Å². The molecule has 1 aliphatic carbocycles. The lowest BCUT2D eigenvalue weighted by Crippen LogP contribution is -2.38. The van der Waals surface area contributed by atoms with Crippen LogP contribution in [0.2, 0.25) is 0 Å². The summed E-state index contributed by atoms with van der Waals surface area (Å²) in [5.74, 6) is 0.112. The quantitative estimate of drug-likeness (QED) is 0.841. The van der Waals surface area contributed by atoms with Crippen LogP contribution in [-0.2, 0) is 10.0 Å². The van der Waals surface area contributed by atoms with Crippen LogP contribution in [0.1, 0.15) is 32.3 Å². The molecule has 130 valence electrons. The van der Waals surface area contributed by atoms with Crippen molar-refractivity contribution in [2.45, 2.75) is 44.6 Å². The molecule has 1 fully saturated rings. The van der Waals surface area contributed by atoms with Crippen LogP contribution >= 0.6 is 0 Å². The number of hydrogen-bond acceptors (Lipinski definition) is 4. The van der Waals surface area contributed by atoms with Crippen molar-refractivity contribution in [3.8, 4) is 0 Å². The fourth-order valence-electron chi connectivity index (χ4n) is 3.28. The first-order valence-electron chi connectivity index (χ1n) is 8.29. The van der Waals surface area contributed by atoms with E-state index in [0.29, 0.717) is 10.9 Å². The van der Waals surface area contributed by atoms with Crippen LogP contribution in [0.4, 0.5) is 0 Å². The molecule has 24 heavy (non-hydrogen) atoms. The van der Waals surface area contributed by atoms with Crippen LogP contribution in [0.25, 0.3) is 10.9 Å². The molecule has 0 amide bonds. The molecule has 0 saturated heterocycles. The predicted octanol–water partition coefficient (Wildman–Crippen LogP) is 2.62. The highest BCUT2D eigenvalue weighted by Gasteiger charge is 2.50. The molecule has 0 unspecified atom stereocenters. The maximum atomic E-state index is 12.8. The van der Waals surface area contributed by atoms with Crippen LogP contribution in [0.5, 0.6) is 0 Å². The van der Waals surface area contributed by atoms with Gasteiger partial charge in [0, 0.05) is 23.5 Å². The van der Waals surface area contributed by atoms with Gasteiger partial charge in [0.1, 0.15) is 0 Å². The molecule has 1 aromatic heterocycles. The zero-order chi connectivity index (χ0) is 17.5. The molecule has 0 spiro atoms. The van der Waals surface area contributed by atoms with Gasteiger partial charge in [-0.25, -0.2) is 13.1 Å². The van der Waals surface area contributed by atoms with Gasteiger partial charge in [-0.3, -0.25) is 4.98 Å². The normalized spacial score (nSPS) is 18.0. The summed E-state index contributed by atoms with van der Waals surface area (Å²) < 4.78 is 28.3. The first-order valence-corrected chi connectivity index (χ1v) is 9.77. The molecule has 1 aromatic carbocycles. The summed E-state index contributed by atoms with van der Waals surface area (Å²) >= 11 is 0. The molecule has 2 aromatic rings. The summed E-state index contributed by atoms with van der Waals surface area (Å²) in [4.78, 5) is 4.54. The SMILES string of the molecule is Cc1ccc(S(=O)(=O)NCC2([C@@H](O)C(C)C)CC2)c2cccnc12. The molecule has 0 radical (unpaired) electrons. The highest BCUT2D eigenvalue weighted by atomic mass is 32.2. The maximum absolute atomic E-state index is 12.8. The number of pyridine rings is 1. The van der Waals surface area contributed by atoms with Crippen molar-refractivity contribution >= 4 is 20.9 Å². The van der Waals surface area contributed by atoms with Gasteiger partial charge in [0.2, 0.25) is 10.0 Å². The molecule has 1 saturated carbocycles. The number of hydrogen-bond donors (Lipinski definition) is 2. The van der Waals surface area contributed by atoms with Crippen LogP contribution in [0, 0.1) is 18.3 Å². The third kappa shape index (κ3) is 3.06. The van der Waals surface area contributed by atoms with Crippen molar-refractivity contribution in [2.24, 2.45) is 11.3 Å². The number of rotatable bonds is 6. The van der Waals surface area contributed by atoms with Crippen molar-refractivity contribution in [3.63, 3.8) is 0 Å². The van der Waals surface area contributed by atoms with E-state index in [1.165, 1.54) is 0 Å². The minimum absolute atomic E-state index is 0.112. The lowest BCUT2D eigenvalue weighted by molar-refractivity contribution is 0.0529. The molecule has 0 bridgehead atoms. The summed E-state index contributed by atoms with van der Waals surface area (Å²) in [5.41, 5.74) is 1.32. The summed E-state index contributed by atoms with van der Waals surface area (Å²) in [6, 6.07) is 6.92. The number of aliphatic hydroxyl groups is 1. The van der Waals surface area contributed by atoms with E-state index >= 15 is 0 Å². The number of benzene rings is 1. The standard InChI is InChI=1S/C18H24N2O3S/c1-12(2)17(21)18(8-9-18)11-20-24(22,23)15-7-6-13(3)16-14(15)5-4-10-19-16/h4-7,10,12,17,20-21H,8-9,11H2,1-3H3/t17-/m0/s1. The van der Waals surface area contributed by atoms with Crippen molar-refractivity contribution in [1.82, 2.24) is 9.71 Å². The summed E-state index contributed by atoms with van der Waals surface area (Å²) in [7, 11) is -3.66. The number of sulfonamides is 1. The average molecular weight is 348 g/mol. The van der Waals surface area contributed by atoms with E-state index in [1.807, 2.05) is 20.8 Å². The van der Waals surface area contributed by atoms with E-state index in [-0.39, 0.29) is 22.8 Å². The van der Waals surface area contributed by atoms with Crippen LogP contribution in [-0.4, -0.2) is 31.2 Å². The molecule has 1 atom stereocenters. The van der Waals surface area contributed by atoms with Crippen LogP contribution in [0.15, 0.2) is 35.4 Å². The zero-order valence-corrected chi connectivity index (χ0v) is 15.1. The Kier molecular flexibility index (Phi) is 4.40. The topological polar surface area (TPSA) is 79.3 Å². The summed E-state index contributed by atoms with van der Waals surface area (Å²) in [6.07, 6.45) is 2.88. The van der Waals surface area contributed by atoms with Gasteiger partial charge in [-0.2, -0.15) is 0 Å². The predicted molar refractivity (Wildman–Crippen MR) is 94.2 cm³/mol. The largest absolute Gasteiger partial charge is 0.392 e. The Hall–Kier alpha value is -1.50. The average Bonchev–Trinajstić information content (AvgIpc) is 3.34. The first kappa shape index (κ1) is 17.3. The van der Waals surface area contributed by atoms with Crippen molar-refractivity contribution in [3.05, 3.63) is 36.0 Å². The molecular weight excluding hydrogens is 324 g/mol. The molecule has 1 aliphatic rings. The Morgan fingerprint density at radius 1 is 1.29 bits per heavy atom. The maximum Gasteiger partial charge on any atom is 0.241 e. The minimum atomic E-state index is -3.66. The van der Waals surface area contributed by atoms with Crippen LogP contribution < -0.4 is 4.72 Å². The number of aliphatic hydroxyl groups excluding tert-OH is 1. The Balaban J connectivity index is 1.89. The fourth-order valence-corrected chi connectivity index (χ4v) is 4.62. The minimum Gasteiger partial charge on any atom is -0.392 e. The monoisotopic (exact) mass is 348 g/mol. The Labute approximate surface area is 143 Å². The second kappa shape index (κ2) is 6.10. The molecule has 1 heterocycles. The Morgan fingerprint density at radius 2 is 2.00 bits per heavy atom. The van der Waals surface area contributed by atoms with Gasteiger partial charge in [0.25, 0.3) is 0 Å². The highest BCUT2D eigenvalue weighted by Crippen LogP contribution is 2.50. The molecule has 0 aliphatic heterocycles. The molecule has 2 N–H and O–H groups in total. The van der Waals surface area contributed by atoms with Crippen LogP contribution in [0.3, 0.4) is 0 Å². The van der Waals surface area contributed by atoms with E-state index in [4.69, 9.17) is 0 Å². The van der Waals surface area contributed by atoms with E-state index in [0.717, 1.165) is 18.4 Å². The number of nitrogens with zero attached hydrogens (tertiary/aromatic N) is 1. The fraction of sp³-hybridized carbons (Fsp3) is 0.500. The smallest absolute Gasteiger partial charge is 0.241 e. The summed E-state index contributed by atoms with van der Waals surface area (Å²) in [5, 5.41) is 11.0. The van der Waals surface area contributed by atoms with E-state index < -0.39 is 16.1 Å². The highest BCUT2D eigenvalue weighted by molar-refractivity contribution is 7.89. The van der Waals surface area contributed by atoms with E-state index in [1.54, 1.807) is 30.5 Å². The van der Waals surface area contributed by atoms with Gasteiger partial charge >= 0.3 is 0 Å². The Morgan fingerprint density at radius 3 is 2.62 bits per heavy atom. The number of nitrogens with one attached hydrogen (secondary N) is 1. The second-order valence-electron chi connectivity index (χ2n) is 7.16. The van der Waals surface area contributed by atoms with E-state index in [9.17, 15) is 13.5 Å². The number of fused-ring (bicyclic) bond motifs is 1. The van der Waals surface area contributed by atoms with Gasteiger partial charge in [0.05, 0.1) is 16.5 Å². The number of aryl methyl sites for hydroxylation is 1. The zero-order valence-electron chi connectivity index (χ0n) is 14.3. The number of aromatic nitrogens is 1. The molecule has 6 heteroatoms. The molecule has 3 rings (SSSR count). The van der Waals surface area contributed by atoms with Gasteiger partial charge in [-0.05, 0) is 49.4 Å². The Bertz CT molecular complexity index is 858. The van der Waals surface area contributed by atoms with E-state index in [2.05, 4.69) is 9.71 Å². The first-order chi connectivity index (χ1) is 11.3. The third-order valence-electron chi connectivity index (χ3n) is 4.99. The van der Waals surface area contributed by atoms with Gasteiger partial charge in [-0.15, -0.1) is 0 Å². The lowest BCUT2D eigenvalue weighted by atomic mass is 9.91. The van der Waals surface area contributed by atoms with Crippen molar-refractivity contribution < 1.29 is 13.5 Å². The lowest BCUT2D eigenvalue weighted by Gasteiger charge is -2.25. The third-order valence-corrected chi connectivity index (χ3v) is 6.45. The van der Waals surface area contributed by atoms with Crippen molar-refractivity contribution in [1.29, 1.82) is 0 Å². The van der Waals surface area contributed by atoms with Gasteiger partial charge in [0.15, 0.2) is 0 Å². The second-order valence-corrected chi connectivity index (χ2v) is 8.89. The molecule has 5 nitrogen and oxygen atoms in total. The van der Waals surface area contributed by atoms with Gasteiger partial charge < -0.3 is 5.11 Å². The van der Waals surface area contributed by atoms with Crippen molar-refractivity contribution in [2.75, 3.05) is 6.54 Å². The summed E-state index contributed by atoms with van der Waals surface area (Å²) in [6.45, 7) is 6.10.